The highest BCUT2D eigenvalue weighted by Crippen LogP contribution is 2.18. The molecule has 0 saturated heterocycles. The molecule has 0 aliphatic heterocycles. The van der Waals surface area contributed by atoms with Gasteiger partial charge in [0.2, 0.25) is 0 Å². The molecule has 0 amide bonds. The first kappa shape index (κ1) is 14.3. The van der Waals surface area contributed by atoms with Crippen molar-refractivity contribution in [3.05, 3.63) is 90.5 Å². The number of nitrogens with one attached hydrogen (secondary N) is 1. The van der Waals surface area contributed by atoms with E-state index in [0.717, 1.165) is 34.2 Å². The first-order chi connectivity index (χ1) is 11.9. The molecule has 0 aliphatic rings. The summed E-state index contributed by atoms with van der Waals surface area (Å²) in [7, 11) is 0. The Balaban J connectivity index is 1.57. The summed E-state index contributed by atoms with van der Waals surface area (Å²) >= 11 is 0. The van der Waals surface area contributed by atoms with Crippen molar-refractivity contribution in [1.82, 2.24) is 19.9 Å². The number of H-pyrrole nitrogens is 1. The van der Waals surface area contributed by atoms with Gasteiger partial charge in [0.05, 0.1) is 5.69 Å². The van der Waals surface area contributed by atoms with Crippen LogP contribution in [0, 0.1) is 0 Å². The number of aromatic amines is 1. The second-order valence-corrected chi connectivity index (χ2v) is 5.53. The van der Waals surface area contributed by atoms with Gasteiger partial charge in [-0.2, -0.15) is 0 Å². The maximum absolute atomic E-state index is 4.76. The minimum absolute atomic E-state index is 0.709. The van der Waals surface area contributed by atoms with Gasteiger partial charge in [0, 0.05) is 35.8 Å². The van der Waals surface area contributed by atoms with Crippen molar-refractivity contribution in [2.75, 3.05) is 0 Å². The standard InChI is InChI=1S/C20H16N4/c1-2-7-15(8-3-1)18-11-6-9-16(23-18)13-17-14-22-20(24-17)19-10-4-5-12-21-19/h1-12,14H,13H2,(H,22,24). The number of benzene rings is 1. The van der Waals surface area contributed by atoms with Crippen molar-refractivity contribution in [1.29, 1.82) is 0 Å². The highest BCUT2D eigenvalue weighted by molar-refractivity contribution is 5.58. The molecular weight excluding hydrogens is 296 g/mol. The van der Waals surface area contributed by atoms with Crippen molar-refractivity contribution in [2.24, 2.45) is 0 Å². The van der Waals surface area contributed by atoms with Crippen LogP contribution in [0.4, 0.5) is 0 Å². The molecule has 0 atom stereocenters. The summed E-state index contributed by atoms with van der Waals surface area (Å²) < 4.78 is 0. The maximum Gasteiger partial charge on any atom is 0.156 e. The van der Waals surface area contributed by atoms with Crippen LogP contribution in [0.25, 0.3) is 22.8 Å². The van der Waals surface area contributed by atoms with Gasteiger partial charge in [-0.1, -0.05) is 42.5 Å². The predicted octanol–water partition coefficient (Wildman–Crippen LogP) is 4.12. The molecule has 4 aromatic rings. The summed E-state index contributed by atoms with van der Waals surface area (Å²) in [5, 5.41) is 0. The van der Waals surface area contributed by atoms with E-state index >= 15 is 0 Å². The van der Waals surface area contributed by atoms with Crippen molar-refractivity contribution in [3.8, 4) is 22.8 Å². The zero-order chi connectivity index (χ0) is 16.2. The van der Waals surface area contributed by atoms with Crippen molar-refractivity contribution in [3.63, 3.8) is 0 Å². The summed E-state index contributed by atoms with van der Waals surface area (Å²) in [5.41, 5.74) is 4.98. The highest BCUT2D eigenvalue weighted by atomic mass is 14.9. The van der Waals surface area contributed by atoms with Gasteiger partial charge in [0.1, 0.15) is 5.69 Å². The van der Waals surface area contributed by atoms with E-state index in [1.54, 1.807) is 6.20 Å². The molecule has 4 heteroatoms. The molecule has 3 heterocycles. The third-order valence-corrected chi connectivity index (χ3v) is 3.78. The monoisotopic (exact) mass is 312 g/mol. The van der Waals surface area contributed by atoms with Gasteiger partial charge in [-0.05, 0) is 24.3 Å². The van der Waals surface area contributed by atoms with E-state index in [1.807, 2.05) is 60.8 Å². The zero-order valence-corrected chi connectivity index (χ0v) is 13.1. The fraction of sp³-hybridized carbons (Fsp3) is 0.0500. The van der Waals surface area contributed by atoms with Gasteiger partial charge >= 0.3 is 0 Å². The molecule has 116 valence electrons. The lowest BCUT2D eigenvalue weighted by atomic mass is 10.1. The smallest absolute Gasteiger partial charge is 0.156 e. The normalized spacial score (nSPS) is 10.7. The van der Waals surface area contributed by atoms with Crippen LogP contribution in [-0.2, 0) is 6.42 Å². The van der Waals surface area contributed by atoms with Crippen LogP contribution in [0.5, 0.6) is 0 Å². The molecule has 4 rings (SSSR count). The lowest BCUT2D eigenvalue weighted by Crippen LogP contribution is -1.94. The summed E-state index contributed by atoms with van der Waals surface area (Å²) in [6.07, 6.45) is 4.32. The Morgan fingerprint density at radius 1 is 0.750 bits per heavy atom. The summed E-state index contributed by atoms with van der Waals surface area (Å²) in [5.74, 6) is 0.782. The van der Waals surface area contributed by atoms with E-state index in [4.69, 9.17) is 4.98 Å². The number of pyridine rings is 2. The van der Waals surface area contributed by atoms with Crippen LogP contribution < -0.4 is 0 Å². The van der Waals surface area contributed by atoms with Crippen LogP contribution >= 0.6 is 0 Å². The van der Waals surface area contributed by atoms with Crippen LogP contribution in [0.2, 0.25) is 0 Å². The topological polar surface area (TPSA) is 54.5 Å². The van der Waals surface area contributed by atoms with E-state index in [1.165, 1.54) is 0 Å². The number of rotatable bonds is 4. The molecule has 1 N–H and O–H groups in total. The largest absolute Gasteiger partial charge is 0.340 e. The third kappa shape index (κ3) is 3.08. The number of aromatic nitrogens is 4. The SMILES string of the molecule is c1ccc(-c2cccc(Cc3cnc(-c4ccccn4)[nH]3)n2)cc1. The quantitative estimate of drug-likeness (QED) is 0.616. The van der Waals surface area contributed by atoms with E-state index in [0.29, 0.717) is 6.42 Å². The Hall–Kier alpha value is -3.27. The minimum Gasteiger partial charge on any atom is -0.340 e. The van der Waals surface area contributed by atoms with E-state index in [9.17, 15) is 0 Å². The zero-order valence-electron chi connectivity index (χ0n) is 13.1. The molecule has 0 aliphatic carbocycles. The van der Waals surface area contributed by atoms with Crippen LogP contribution in [0.1, 0.15) is 11.4 Å². The second-order valence-electron chi connectivity index (χ2n) is 5.53. The molecule has 0 unspecified atom stereocenters. The Kier molecular flexibility index (Phi) is 3.86. The van der Waals surface area contributed by atoms with Gasteiger partial charge in [-0.3, -0.25) is 9.97 Å². The van der Waals surface area contributed by atoms with Crippen LogP contribution in [0.15, 0.2) is 79.1 Å². The predicted molar refractivity (Wildman–Crippen MR) is 94.3 cm³/mol. The molecule has 0 spiro atoms. The fourth-order valence-electron chi connectivity index (χ4n) is 2.62. The average molecular weight is 312 g/mol. The van der Waals surface area contributed by atoms with Gasteiger partial charge in [-0.15, -0.1) is 0 Å². The Morgan fingerprint density at radius 3 is 2.42 bits per heavy atom. The van der Waals surface area contributed by atoms with Crippen molar-refractivity contribution in [2.45, 2.75) is 6.42 Å². The van der Waals surface area contributed by atoms with Crippen LogP contribution in [-0.4, -0.2) is 19.9 Å². The number of hydrogen-bond acceptors (Lipinski definition) is 3. The van der Waals surface area contributed by atoms with Crippen molar-refractivity contribution >= 4 is 0 Å². The minimum atomic E-state index is 0.709. The van der Waals surface area contributed by atoms with Gasteiger partial charge in [0.25, 0.3) is 0 Å². The van der Waals surface area contributed by atoms with Gasteiger partial charge in [0.15, 0.2) is 5.82 Å². The lowest BCUT2D eigenvalue weighted by molar-refractivity contribution is 1.03. The number of imidazole rings is 1. The highest BCUT2D eigenvalue weighted by Gasteiger charge is 2.07. The van der Waals surface area contributed by atoms with Gasteiger partial charge in [-0.25, -0.2) is 4.98 Å². The average Bonchev–Trinajstić information content (AvgIpc) is 3.12. The molecule has 24 heavy (non-hydrogen) atoms. The number of nitrogens with zero attached hydrogens (tertiary/aromatic N) is 3. The summed E-state index contributed by atoms with van der Waals surface area (Å²) in [4.78, 5) is 16.8. The van der Waals surface area contributed by atoms with E-state index < -0.39 is 0 Å². The molecular formula is C20H16N4. The molecule has 1 aromatic carbocycles. The van der Waals surface area contributed by atoms with Crippen molar-refractivity contribution < 1.29 is 0 Å². The Labute approximate surface area is 140 Å². The Morgan fingerprint density at radius 2 is 1.58 bits per heavy atom. The Bertz CT molecular complexity index is 930. The molecule has 0 saturated carbocycles. The molecule has 4 nitrogen and oxygen atoms in total. The van der Waals surface area contributed by atoms with Gasteiger partial charge < -0.3 is 4.98 Å². The van der Waals surface area contributed by atoms with E-state index in [-0.39, 0.29) is 0 Å². The lowest BCUT2D eigenvalue weighted by Gasteiger charge is -2.04. The fourth-order valence-corrected chi connectivity index (χ4v) is 2.62. The summed E-state index contributed by atoms with van der Waals surface area (Å²) in [6, 6.07) is 22.1. The second kappa shape index (κ2) is 6.46. The molecule has 0 fully saturated rings. The molecule has 0 radical (unpaired) electrons. The molecule has 0 bridgehead atoms. The van der Waals surface area contributed by atoms with Crippen LogP contribution in [0.3, 0.4) is 0 Å². The first-order valence-corrected chi connectivity index (χ1v) is 7.85. The first-order valence-electron chi connectivity index (χ1n) is 7.85. The number of hydrogen-bond donors (Lipinski definition) is 1. The molecule has 3 aromatic heterocycles. The maximum atomic E-state index is 4.76. The summed E-state index contributed by atoms with van der Waals surface area (Å²) in [6.45, 7) is 0. The van der Waals surface area contributed by atoms with E-state index in [2.05, 4.69) is 27.1 Å². The third-order valence-electron chi connectivity index (χ3n) is 3.78.